The summed E-state index contributed by atoms with van der Waals surface area (Å²) in [5, 5.41) is 7.18. The first-order valence-electron chi connectivity index (χ1n) is 8.02. The molecule has 1 atom stereocenters. The molecule has 0 unspecified atom stereocenters. The first-order chi connectivity index (χ1) is 11.2. The molecule has 0 aliphatic rings. The smallest absolute Gasteiger partial charge is 0.171 e. The minimum Gasteiger partial charge on any atom is -0.492 e. The molecule has 0 saturated carbocycles. The third-order valence-electron chi connectivity index (χ3n) is 3.52. The van der Waals surface area contributed by atoms with E-state index in [1.54, 1.807) is 0 Å². The van der Waals surface area contributed by atoms with Gasteiger partial charge in [0, 0.05) is 6.04 Å². The maximum Gasteiger partial charge on any atom is 0.171 e. The van der Waals surface area contributed by atoms with Crippen molar-refractivity contribution in [1.29, 1.82) is 0 Å². The van der Waals surface area contributed by atoms with Gasteiger partial charge in [-0.3, -0.25) is 0 Å². The normalized spacial score (nSPS) is 11.6. The fourth-order valence-electron chi connectivity index (χ4n) is 2.33. The van der Waals surface area contributed by atoms with Gasteiger partial charge in [0.1, 0.15) is 5.75 Å². The Balaban J connectivity index is 1.82. The molecule has 0 aliphatic carbocycles. The summed E-state index contributed by atoms with van der Waals surface area (Å²) in [5.41, 5.74) is 2.24. The lowest BCUT2D eigenvalue weighted by Crippen LogP contribution is -2.36. The van der Waals surface area contributed by atoms with E-state index in [-0.39, 0.29) is 0 Å². The van der Waals surface area contributed by atoms with Gasteiger partial charge in [-0.25, -0.2) is 0 Å². The monoisotopic (exact) mass is 328 g/mol. The van der Waals surface area contributed by atoms with E-state index in [0.29, 0.717) is 17.8 Å². The second kappa shape index (κ2) is 9.16. The predicted molar refractivity (Wildman–Crippen MR) is 101 cm³/mol. The van der Waals surface area contributed by atoms with Gasteiger partial charge < -0.3 is 15.4 Å². The molecule has 23 heavy (non-hydrogen) atoms. The van der Waals surface area contributed by atoms with Crippen LogP contribution in [-0.4, -0.2) is 17.8 Å². The Kier molecular flexibility index (Phi) is 6.88. The van der Waals surface area contributed by atoms with Gasteiger partial charge in [-0.15, -0.1) is 0 Å². The minimum absolute atomic E-state index is 0.300. The molecule has 0 radical (unpaired) electrons. The van der Waals surface area contributed by atoms with Crippen molar-refractivity contribution in [3.8, 4) is 5.75 Å². The Bertz CT molecular complexity index is 616. The molecule has 2 aromatic carbocycles. The molecule has 0 bridgehead atoms. The number of hydrogen-bond donors (Lipinski definition) is 2. The molecule has 0 heterocycles. The molecular formula is C19H24N2OS. The van der Waals surface area contributed by atoms with E-state index in [4.69, 9.17) is 17.0 Å². The van der Waals surface area contributed by atoms with E-state index in [9.17, 15) is 0 Å². The standard InChI is InChI=1S/C19H24N2OS/c1-3-22-18-12-8-7-11-17(18)21-19(23)20-15(2)13-14-16-9-5-4-6-10-16/h4-12,15H,3,13-14H2,1-2H3,(H2,20,21,23)/t15-/m1/s1. The second-order valence-corrected chi connectivity index (χ2v) is 5.86. The van der Waals surface area contributed by atoms with Crippen LogP contribution in [0.1, 0.15) is 25.8 Å². The molecule has 2 aromatic rings. The molecule has 122 valence electrons. The van der Waals surface area contributed by atoms with Gasteiger partial charge in [0.25, 0.3) is 0 Å². The molecule has 2 N–H and O–H groups in total. The number of para-hydroxylation sites is 2. The number of hydrogen-bond acceptors (Lipinski definition) is 2. The first-order valence-corrected chi connectivity index (χ1v) is 8.43. The quantitative estimate of drug-likeness (QED) is 0.739. The van der Waals surface area contributed by atoms with E-state index >= 15 is 0 Å². The van der Waals surface area contributed by atoms with Crippen LogP contribution in [0.2, 0.25) is 0 Å². The van der Waals surface area contributed by atoms with E-state index in [0.717, 1.165) is 24.3 Å². The number of nitrogens with one attached hydrogen (secondary N) is 2. The van der Waals surface area contributed by atoms with Crippen molar-refractivity contribution in [2.75, 3.05) is 11.9 Å². The Morgan fingerprint density at radius 3 is 2.52 bits per heavy atom. The average Bonchev–Trinajstić information content (AvgIpc) is 2.56. The van der Waals surface area contributed by atoms with Gasteiger partial charge in [0.15, 0.2) is 5.11 Å². The molecule has 0 aliphatic heterocycles. The summed E-state index contributed by atoms with van der Waals surface area (Å²) < 4.78 is 5.60. The van der Waals surface area contributed by atoms with Crippen LogP contribution in [0.3, 0.4) is 0 Å². The van der Waals surface area contributed by atoms with Crippen LogP contribution in [0, 0.1) is 0 Å². The van der Waals surface area contributed by atoms with Crippen LogP contribution < -0.4 is 15.4 Å². The van der Waals surface area contributed by atoms with Crippen LogP contribution >= 0.6 is 12.2 Å². The summed E-state index contributed by atoms with van der Waals surface area (Å²) in [6, 6.07) is 18.6. The summed E-state index contributed by atoms with van der Waals surface area (Å²) in [6.45, 7) is 4.75. The Morgan fingerprint density at radius 1 is 1.09 bits per heavy atom. The third kappa shape index (κ3) is 5.91. The highest BCUT2D eigenvalue weighted by Crippen LogP contribution is 2.23. The molecular weight excluding hydrogens is 304 g/mol. The van der Waals surface area contributed by atoms with E-state index < -0.39 is 0 Å². The number of ether oxygens (including phenoxy) is 1. The van der Waals surface area contributed by atoms with Gasteiger partial charge in [-0.2, -0.15) is 0 Å². The zero-order valence-corrected chi connectivity index (χ0v) is 14.5. The minimum atomic E-state index is 0.300. The van der Waals surface area contributed by atoms with E-state index in [1.807, 2.05) is 37.3 Å². The summed E-state index contributed by atoms with van der Waals surface area (Å²) in [7, 11) is 0. The lowest BCUT2D eigenvalue weighted by atomic mass is 10.1. The van der Waals surface area contributed by atoms with Crippen molar-refractivity contribution in [3.63, 3.8) is 0 Å². The summed E-state index contributed by atoms with van der Waals surface area (Å²) >= 11 is 5.41. The summed E-state index contributed by atoms with van der Waals surface area (Å²) in [6.07, 6.45) is 2.06. The number of benzene rings is 2. The molecule has 0 fully saturated rings. The fourth-order valence-corrected chi connectivity index (χ4v) is 2.64. The van der Waals surface area contributed by atoms with Gasteiger partial charge in [0.2, 0.25) is 0 Å². The van der Waals surface area contributed by atoms with Crippen molar-refractivity contribution in [3.05, 3.63) is 60.2 Å². The van der Waals surface area contributed by atoms with E-state index in [1.165, 1.54) is 5.56 Å². The Labute approximate surface area is 144 Å². The molecule has 3 nitrogen and oxygen atoms in total. The Hall–Kier alpha value is -2.07. The maximum absolute atomic E-state index is 5.60. The summed E-state index contributed by atoms with van der Waals surface area (Å²) in [5.74, 6) is 0.816. The van der Waals surface area contributed by atoms with Gasteiger partial charge >= 0.3 is 0 Å². The van der Waals surface area contributed by atoms with Crippen molar-refractivity contribution in [2.24, 2.45) is 0 Å². The van der Waals surface area contributed by atoms with E-state index in [2.05, 4.69) is 41.8 Å². The van der Waals surface area contributed by atoms with Crippen LogP contribution in [0.15, 0.2) is 54.6 Å². The van der Waals surface area contributed by atoms with Crippen molar-refractivity contribution >= 4 is 23.0 Å². The van der Waals surface area contributed by atoms with Gasteiger partial charge in [-0.1, -0.05) is 42.5 Å². The zero-order chi connectivity index (χ0) is 16.5. The topological polar surface area (TPSA) is 33.3 Å². The highest BCUT2D eigenvalue weighted by atomic mass is 32.1. The first kappa shape index (κ1) is 17.3. The lowest BCUT2D eigenvalue weighted by molar-refractivity contribution is 0.342. The number of aryl methyl sites for hydroxylation is 1. The summed E-state index contributed by atoms with van der Waals surface area (Å²) in [4.78, 5) is 0. The Morgan fingerprint density at radius 2 is 1.78 bits per heavy atom. The fraction of sp³-hybridized carbons (Fsp3) is 0.316. The number of anilines is 1. The second-order valence-electron chi connectivity index (χ2n) is 5.45. The van der Waals surface area contributed by atoms with Gasteiger partial charge in [0.05, 0.1) is 12.3 Å². The van der Waals surface area contributed by atoms with Crippen LogP contribution in [0.4, 0.5) is 5.69 Å². The largest absolute Gasteiger partial charge is 0.492 e. The highest BCUT2D eigenvalue weighted by molar-refractivity contribution is 7.80. The van der Waals surface area contributed by atoms with Crippen LogP contribution in [-0.2, 0) is 6.42 Å². The molecule has 0 spiro atoms. The molecule has 0 saturated heterocycles. The maximum atomic E-state index is 5.60. The lowest BCUT2D eigenvalue weighted by Gasteiger charge is -2.18. The number of thiocarbonyl (C=S) groups is 1. The van der Waals surface area contributed by atoms with Gasteiger partial charge in [-0.05, 0) is 56.6 Å². The van der Waals surface area contributed by atoms with Crippen molar-refractivity contribution in [2.45, 2.75) is 32.7 Å². The third-order valence-corrected chi connectivity index (χ3v) is 3.74. The predicted octanol–water partition coefficient (Wildman–Crippen LogP) is 4.39. The molecule has 0 aromatic heterocycles. The van der Waals surface area contributed by atoms with Crippen LogP contribution in [0.25, 0.3) is 0 Å². The molecule has 4 heteroatoms. The SMILES string of the molecule is CCOc1ccccc1NC(=S)N[C@H](C)CCc1ccccc1. The van der Waals surface area contributed by atoms with Crippen LogP contribution in [0.5, 0.6) is 5.75 Å². The van der Waals surface area contributed by atoms with Crippen molar-refractivity contribution < 1.29 is 4.74 Å². The molecule has 0 amide bonds. The zero-order valence-electron chi connectivity index (χ0n) is 13.7. The van der Waals surface area contributed by atoms with Crippen molar-refractivity contribution in [1.82, 2.24) is 5.32 Å². The highest BCUT2D eigenvalue weighted by Gasteiger charge is 2.07. The number of rotatable bonds is 7. The molecule has 2 rings (SSSR count). The average molecular weight is 328 g/mol.